The number of amides is 1. The first-order valence-corrected chi connectivity index (χ1v) is 11.1. The summed E-state index contributed by atoms with van der Waals surface area (Å²) in [7, 11) is -3.14. The Kier molecular flexibility index (Phi) is 7.34. The molecule has 0 bridgehead atoms. The monoisotopic (exact) mass is 403 g/mol. The van der Waals surface area contributed by atoms with Crippen LogP contribution in [-0.4, -0.2) is 33.2 Å². The highest BCUT2D eigenvalue weighted by molar-refractivity contribution is 7.89. The number of sulfone groups is 1. The van der Waals surface area contributed by atoms with E-state index in [1.54, 1.807) is 12.1 Å². The second-order valence-electron chi connectivity index (χ2n) is 6.55. The third-order valence-corrected chi connectivity index (χ3v) is 5.07. The molecule has 0 aliphatic carbocycles. The van der Waals surface area contributed by atoms with Gasteiger partial charge in [0.2, 0.25) is 0 Å². The Labute approximate surface area is 165 Å². The maximum Gasteiger partial charge on any atom is 0.338 e. The zero-order valence-electron chi connectivity index (χ0n) is 16.3. The summed E-state index contributed by atoms with van der Waals surface area (Å²) in [6, 6.07) is 12.0. The number of carbonyl (C=O) groups excluding carboxylic acids is 2. The van der Waals surface area contributed by atoms with Gasteiger partial charge >= 0.3 is 5.97 Å². The number of esters is 1. The molecule has 0 heterocycles. The van der Waals surface area contributed by atoms with Crippen LogP contribution in [0.5, 0.6) is 0 Å². The van der Waals surface area contributed by atoms with Crippen LogP contribution in [0.3, 0.4) is 0 Å². The highest BCUT2D eigenvalue weighted by Crippen LogP contribution is 2.22. The maximum absolute atomic E-state index is 12.2. The molecule has 0 aromatic heterocycles. The Bertz CT molecular complexity index is 927. The number of benzene rings is 2. The van der Waals surface area contributed by atoms with Gasteiger partial charge in [-0.25, -0.2) is 13.2 Å². The van der Waals surface area contributed by atoms with E-state index in [-0.39, 0.29) is 11.3 Å². The minimum atomic E-state index is -3.14. The van der Waals surface area contributed by atoms with Gasteiger partial charge in [-0.1, -0.05) is 44.2 Å². The van der Waals surface area contributed by atoms with Crippen molar-refractivity contribution in [3.8, 4) is 0 Å². The molecule has 7 heteroatoms. The molecule has 28 heavy (non-hydrogen) atoms. The minimum Gasteiger partial charge on any atom is -0.452 e. The van der Waals surface area contributed by atoms with Crippen LogP contribution in [0.15, 0.2) is 42.5 Å². The van der Waals surface area contributed by atoms with Crippen molar-refractivity contribution in [2.75, 3.05) is 18.2 Å². The Hall–Kier alpha value is -2.67. The summed E-state index contributed by atoms with van der Waals surface area (Å²) in [5, 5.41) is 2.84. The van der Waals surface area contributed by atoms with Crippen molar-refractivity contribution in [3.05, 3.63) is 64.7 Å². The molecule has 0 aliphatic heterocycles. The molecule has 1 amide bonds. The number of rotatable bonds is 8. The first kappa shape index (κ1) is 21.6. The van der Waals surface area contributed by atoms with Crippen LogP contribution in [0.25, 0.3) is 0 Å². The van der Waals surface area contributed by atoms with Crippen LogP contribution < -0.4 is 5.32 Å². The van der Waals surface area contributed by atoms with E-state index in [1.165, 1.54) is 12.1 Å². The molecule has 150 valence electrons. The zero-order valence-corrected chi connectivity index (χ0v) is 17.1. The number of hydrogen-bond acceptors (Lipinski definition) is 5. The number of hydrogen-bond donors (Lipinski definition) is 1. The van der Waals surface area contributed by atoms with Gasteiger partial charge in [0.15, 0.2) is 16.4 Å². The average Bonchev–Trinajstić information content (AvgIpc) is 2.65. The molecule has 0 unspecified atom stereocenters. The van der Waals surface area contributed by atoms with E-state index in [0.29, 0.717) is 5.56 Å². The second-order valence-corrected chi connectivity index (χ2v) is 8.69. The van der Waals surface area contributed by atoms with E-state index in [2.05, 4.69) is 5.32 Å². The molecule has 6 nitrogen and oxygen atoms in total. The molecule has 0 aliphatic rings. The fraction of sp³-hybridized carbons (Fsp3) is 0.333. The van der Waals surface area contributed by atoms with Crippen molar-refractivity contribution in [1.82, 2.24) is 0 Å². The van der Waals surface area contributed by atoms with E-state index in [9.17, 15) is 18.0 Å². The molecular weight excluding hydrogens is 378 g/mol. The van der Waals surface area contributed by atoms with Crippen molar-refractivity contribution in [2.45, 2.75) is 32.4 Å². The van der Waals surface area contributed by atoms with Gasteiger partial charge in [-0.05, 0) is 41.7 Å². The SMILES string of the molecule is CCc1cccc(CC)c1NC(=O)COC(=O)c1ccc(CS(C)(=O)=O)cc1. The van der Waals surface area contributed by atoms with Gasteiger partial charge in [0.25, 0.3) is 5.91 Å². The molecular formula is C21H25NO5S. The lowest BCUT2D eigenvalue weighted by Crippen LogP contribution is -2.22. The summed E-state index contributed by atoms with van der Waals surface area (Å²) >= 11 is 0. The van der Waals surface area contributed by atoms with Crippen LogP contribution in [0, 0.1) is 0 Å². The number of ether oxygens (including phenoxy) is 1. The molecule has 2 aromatic carbocycles. The predicted molar refractivity (Wildman–Crippen MR) is 109 cm³/mol. The van der Waals surface area contributed by atoms with E-state index in [4.69, 9.17) is 4.74 Å². The number of anilines is 1. The molecule has 2 aromatic rings. The van der Waals surface area contributed by atoms with Gasteiger partial charge in [-0.15, -0.1) is 0 Å². The summed E-state index contributed by atoms with van der Waals surface area (Å²) in [5.41, 5.74) is 3.67. The molecule has 0 radical (unpaired) electrons. The van der Waals surface area contributed by atoms with Crippen LogP contribution in [-0.2, 0) is 38.0 Å². The Balaban J connectivity index is 1.97. The van der Waals surface area contributed by atoms with Gasteiger partial charge in [0.1, 0.15) is 0 Å². The fourth-order valence-corrected chi connectivity index (χ4v) is 3.63. The number of carbonyl (C=O) groups is 2. The molecule has 0 atom stereocenters. The standard InChI is InChI=1S/C21H25NO5S/c1-4-16-7-6-8-17(5-2)20(16)22-19(23)13-27-21(24)18-11-9-15(10-12-18)14-28(3,25)26/h6-12H,4-5,13-14H2,1-3H3,(H,22,23). The van der Waals surface area contributed by atoms with E-state index < -0.39 is 28.3 Å². The van der Waals surface area contributed by atoms with Gasteiger partial charge in [-0.3, -0.25) is 4.79 Å². The van der Waals surface area contributed by atoms with Gasteiger partial charge in [0.05, 0.1) is 11.3 Å². The molecule has 0 saturated carbocycles. The third-order valence-electron chi connectivity index (χ3n) is 4.22. The van der Waals surface area contributed by atoms with E-state index in [1.807, 2.05) is 32.0 Å². The number of nitrogens with one attached hydrogen (secondary N) is 1. The normalized spacial score (nSPS) is 11.1. The van der Waals surface area contributed by atoms with Crippen LogP contribution in [0.1, 0.15) is 40.9 Å². The van der Waals surface area contributed by atoms with Crippen molar-refractivity contribution in [2.24, 2.45) is 0 Å². The lowest BCUT2D eigenvalue weighted by molar-refractivity contribution is -0.119. The maximum atomic E-state index is 12.2. The first-order chi connectivity index (χ1) is 13.2. The molecule has 0 saturated heterocycles. The van der Waals surface area contributed by atoms with Gasteiger partial charge in [0, 0.05) is 11.9 Å². The summed E-state index contributed by atoms with van der Waals surface area (Å²) in [6.45, 7) is 3.63. The summed E-state index contributed by atoms with van der Waals surface area (Å²) in [6.07, 6.45) is 2.71. The Morgan fingerprint density at radius 1 is 0.964 bits per heavy atom. The van der Waals surface area contributed by atoms with Crippen molar-refractivity contribution >= 4 is 27.4 Å². The Morgan fingerprint density at radius 2 is 1.54 bits per heavy atom. The average molecular weight is 404 g/mol. The molecule has 0 fully saturated rings. The fourth-order valence-electron chi connectivity index (χ4n) is 2.83. The lowest BCUT2D eigenvalue weighted by atomic mass is 10.0. The topological polar surface area (TPSA) is 89.5 Å². The van der Waals surface area contributed by atoms with Crippen molar-refractivity contribution < 1.29 is 22.7 Å². The predicted octanol–water partition coefficient (Wildman–Crippen LogP) is 3.15. The second kappa shape index (κ2) is 9.50. The molecule has 2 rings (SSSR count). The Morgan fingerprint density at radius 3 is 2.04 bits per heavy atom. The van der Waals surface area contributed by atoms with E-state index in [0.717, 1.165) is 35.9 Å². The minimum absolute atomic E-state index is 0.0959. The summed E-state index contributed by atoms with van der Waals surface area (Å²) in [5.74, 6) is -1.14. The van der Waals surface area contributed by atoms with Crippen LogP contribution >= 0.6 is 0 Å². The highest BCUT2D eigenvalue weighted by atomic mass is 32.2. The zero-order chi connectivity index (χ0) is 20.7. The largest absolute Gasteiger partial charge is 0.452 e. The smallest absolute Gasteiger partial charge is 0.338 e. The van der Waals surface area contributed by atoms with Crippen molar-refractivity contribution in [1.29, 1.82) is 0 Å². The number of aryl methyl sites for hydroxylation is 2. The quantitative estimate of drug-likeness (QED) is 0.684. The van der Waals surface area contributed by atoms with E-state index >= 15 is 0 Å². The van der Waals surface area contributed by atoms with Crippen LogP contribution in [0.4, 0.5) is 5.69 Å². The highest BCUT2D eigenvalue weighted by Gasteiger charge is 2.14. The van der Waals surface area contributed by atoms with Crippen molar-refractivity contribution in [3.63, 3.8) is 0 Å². The van der Waals surface area contributed by atoms with Gasteiger partial charge in [-0.2, -0.15) is 0 Å². The summed E-state index contributed by atoms with van der Waals surface area (Å²) in [4.78, 5) is 24.4. The van der Waals surface area contributed by atoms with Crippen LogP contribution in [0.2, 0.25) is 0 Å². The lowest BCUT2D eigenvalue weighted by Gasteiger charge is -2.14. The molecule has 1 N–H and O–H groups in total. The first-order valence-electron chi connectivity index (χ1n) is 9.08. The summed E-state index contributed by atoms with van der Waals surface area (Å²) < 4.78 is 27.7. The number of para-hydroxylation sites is 1. The third kappa shape index (κ3) is 6.20. The molecule has 0 spiro atoms. The van der Waals surface area contributed by atoms with Gasteiger partial charge < -0.3 is 10.1 Å².